The number of hydrogen-bond acceptors (Lipinski definition) is 8. The monoisotopic (exact) mass is 487 g/mol. The van der Waals surface area contributed by atoms with Crippen LogP contribution < -0.4 is 9.64 Å². The molecule has 8 nitrogen and oxygen atoms in total. The second kappa shape index (κ2) is 9.43. The summed E-state index contributed by atoms with van der Waals surface area (Å²) in [4.78, 5) is 30.2. The topological polar surface area (TPSA) is 98.2 Å². The van der Waals surface area contributed by atoms with Gasteiger partial charge in [0.05, 0.1) is 23.9 Å². The summed E-state index contributed by atoms with van der Waals surface area (Å²) in [6, 6.07) is 11.6. The van der Waals surface area contributed by atoms with Crippen molar-refractivity contribution in [1.29, 1.82) is 0 Å². The number of nitro groups is 1. The number of thioether (sulfide) groups is 1. The number of hydrogen-bond donors (Lipinski definition) is 0. The predicted octanol–water partition coefficient (Wildman–Crippen LogP) is 6.06. The smallest absolute Gasteiger partial charge is 0.433 e. The summed E-state index contributed by atoms with van der Waals surface area (Å²) in [5.74, 6) is 0.146. The van der Waals surface area contributed by atoms with Crippen LogP contribution in [0.3, 0.4) is 0 Å². The zero-order valence-electron chi connectivity index (χ0n) is 16.4. The Bertz CT molecular complexity index is 1260. The summed E-state index contributed by atoms with van der Waals surface area (Å²) in [6.45, 7) is 0. The molecule has 0 aliphatic carbocycles. The van der Waals surface area contributed by atoms with Crippen LogP contribution in [0.15, 0.2) is 68.4 Å². The zero-order chi connectivity index (χ0) is 22.7. The molecule has 0 fully saturated rings. The maximum Gasteiger partial charge on any atom is 0.433 e. The highest BCUT2D eigenvalue weighted by Crippen LogP contribution is 2.35. The van der Waals surface area contributed by atoms with Gasteiger partial charge in [-0.2, -0.15) is 0 Å². The molecule has 1 aliphatic rings. The summed E-state index contributed by atoms with van der Waals surface area (Å²) < 4.78 is 10.3. The number of amides is 1. The van der Waals surface area contributed by atoms with Gasteiger partial charge in [0.25, 0.3) is 5.91 Å². The third kappa shape index (κ3) is 4.62. The number of rotatable bonds is 6. The van der Waals surface area contributed by atoms with Crippen LogP contribution in [0.1, 0.15) is 10.6 Å². The standard InChI is InChI=1S/C21H14ClN3O5S2/c1-29-18-6-4-13(11-16(18)22)24-20(26)17(12-15-3-2-9-31-15)23-21(24)32-10-8-14-5-7-19(30-14)25(27)28/h2-12H,1H3. The molecule has 11 heteroatoms. The van der Waals surface area contributed by atoms with E-state index in [1.807, 2.05) is 17.5 Å². The maximum atomic E-state index is 13.2. The molecule has 1 amide bonds. The first-order chi connectivity index (χ1) is 15.5. The molecule has 1 aromatic carbocycles. The van der Waals surface area contributed by atoms with Gasteiger partial charge < -0.3 is 9.15 Å². The minimum atomic E-state index is -0.610. The molecule has 0 atom stereocenters. The van der Waals surface area contributed by atoms with E-state index in [0.717, 1.165) is 4.88 Å². The Morgan fingerprint density at radius 2 is 2.16 bits per heavy atom. The second-order valence-electron chi connectivity index (χ2n) is 6.25. The number of thiophene rings is 1. The van der Waals surface area contributed by atoms with Crippen molar-refractivity contribution in [2.75, 3.05) is 12.0 Å². The van der Waals surface area contributed by atoms with Gasteiger partial charge in [-0.25, -0.2) is 4.99 Å². The molecule has 0 unspecified atom stereocenters. The first-order valence-corrected chi connectivity index (χ1v) is 11.2. The highest BCUT2D eigenvalue weighted by atomic mass is 35.5. The Labute approximate surface area is 195 Å². The molecule has 1 aliphatic heterocycles. The molecule has 0 radical (unpaired) electrons. The van der Waals surface area contributed by atoms with Crippen LogP contribution in [-0.2, 0) is 4.79 Å². The van der Waals surface area contributed by atoms with Gasteiger partial charge in [0, 0.05) is 4.88 Å². The van der Waals surface area contributed by atoms with Crippen LogP contribution in [-0.4, -0.2) is 23.1 Å². The Morgan fingerprint density at radius 3 is 2.81 bits per heavy atom. The molecule has 4 rings (SSSR count). The summed E-state index contributed by atoms with van der Waals surface area (Å²) in [6.07, 6.45) is 3.28. The summed E-state index contributed by atoms with van der Waals surface area (Å²) >= 11 is 8.93. The first kappa shape index (κ1) is 21.9. The third-order valence-electron chi connectivity index (χ3n) is 4.24. The average Bonchev–Trinajstić information content (AvgIpc) is 3.50. The van der Waals surface area contributed by atoms with E-state index in [0.29, 0.717) is 27.4 Å². The lowest BCUT2D eigenvalue weighted by molar-refractivity contribution is -0.402. The molecule has 2 aromatic heterocycles. The zero-order valence-corrected chi connectivity index (χ0v) is 18.8. The van der Waals surface area contributed by atoms with E-state index < -0.39 is 4.92 Å². The largest absolute Gasteiger partial charge is 0.495 e. The lowest BCUT2D eigenvalue weighted by Gasteiger charge is -2.18. The Balaban J connectivity index is 1.64. The third-order valence-corrected chi connectivity index (χ3v) is 6.12. The van der Waals surface area contributed by atoms with Gasteiger partial charge in [-0.3, -0.25) is 19.8 Å². The van der Waals surface area contributed by atoms with Gasteiger partial charge >= 0.3 is 5.88 Å². The van der Waals surface area contributed by atoms with Crippen LogP contribution >= 0.6 is 34.7 Å². The van der Waals surface area contributed by atoms with Gasteiger partial charge in [-0.15, -0.1) is 11.3 Å². The number of amidine groups is 1. The van der Waals surface area contributed by atoms with Crippen LogP contribution in [0, 0.1) is 10.1 Å². The number of benzene rings is 1. The van der Waals surface area contributed by atoms with Crippen molar-refractivity contribution in [3.63, 3.8) is 0 Å². The quantitative estimate of drug-likeness (QED) is 0.238. The Kier molecular flexibility index (Phi) is 6.45. The number of halogens is 1. The number of carbonyl (C=O) groups excluding carboxylic acids is 1. The molecule has 3 aromatic rings. The van der Waals surface area contributed by atoms with E-state index in [-0.39, 0.29) is 17.5 Å². The summed E-state index contributed by atoms with van der Waals surface area (Å²) in [5.41, 5.74) is 0.813. The van der Waals surface area contributed by atoms with E-state index >= 15 is 0 Å². The number of aliphatic imine (C=N–C) groups is 1. The normalized spacial score (nSPS) is 15.1. The fourth-order valence-corrected chi connectivity index (χ4v) is 4.47. The predicted molar refractivity (Wildman–Crippen MR) is 127 cm³/mol. The maximum absolute atomic E-state index is 13.2. The second-order valence-corrected chi connectivity index (χ2v) is 8.51. The summed E-state index contributed by atoms with van der Waals surface area (Å²) in [7, 11) is 1.51. The van der Waals surface area contributed by atoms with Gasteiger partial charge in [-0.1, -0.05) is 29.4 Å². The number of carbonyl (C=O) groups is 1. The van der Waals surface area contributed by atoms with Gasteiger partial charge in [0.15, 0.2) is 5.17 Å². The van der Waals surface area contributed by atoms with E-state index in [2.05, 4.69) is 4.99 Å². The number of nitrogens with zero attached hydrogens (tertiary/aromatic N) is 3. The van der Waals surface area contributed by atoms with Crippen molar-refractivity contribution in [3.8, 4) is 5.75 Å². The number of methoxy groups -OCH3 is 1. The van der Waals surface area contributed by atoms with E-state index in [1.54, 1.807) is 35.8 Å². The fraction of sp³-hybridized carbons (Fsp3) is 0.0476. The molecule has 0 saturated heterocycles. The number of furan rings is 1. The molecule has 162 valence electrons. The molecule has 0 saturated carbocycles. The van der Waals surface area contributed by atoms with E-state index in [9.17, 15) is 14.9 Å². The molecule has 32 heavy (non-hydrogen) atoms. The SMILES string of the molecule is COc1ccc(N2C(=O)C(=Cc3cccs3)N=C2SC=Cc2ccc([N+](=O)[O-])o2)cc1Cl. The van der Waals surface area contributed by atoms with Crippen LogP contribution in [0.5, 0.6) is 5.75 Å². The van der Waals surface area contributed by atoms with Crippen LogP contribution in [0.4, 0.5) is 11.6 Å². The molecule has 0 N–H and O–H groups in total. The average molecular weight is 488 g/mol. The van der Waals surface area contributed by atoms with Gasteiger partial charge in [-0.05, 0) is 53.3 Å². The lowest BCUT2D eigenvalue weighted by atomic mass is 10.2. The van der Waals surface area contributed by atoms with Crippen molar-refractivity contribution in [2.45, 2.75) is 0 Å². The van der Waals surface area contributed by atoms with Crippen molar-refractivity contribution >= 4 is 69.5 Å². The van der Waals surface area contributed by atoms with Crippen LogP contribution in [0.25, 0.3) is 12.2 Å². The van der Waals surface area contributed by atoms with Crippen molar-refractivity contribution in [2.24, 2.45) is 4.99 Å². The molecular formula is C21H14ClN3O5S2. The van der Waals surface area contributed by atoms with Gasteiger partial charge in [0.2, 0.25) is 0 Å². The minimum Gasteiger partial charge on any atom is -0.495 e. The van der Waals surface area contributed by atoms with Crippen molar-refractivity contribution in [3.05, 3.63) is 84.7 Å². The lowest BCUT2D eigenvalue weighted by Crippen LogP contribution is -2.29. The van der Waals surface area contributed by atoms with Gasteiger partial charge in [0.1, 0.15) is 22.1 Å². The molecular weight excluding hydrogens is 474 g/mol. The Morgan fingerprint density at radius 1 is 1.31 bits per heavy atom. The van der Waals surface area contributed by atoms with Crippen LogP contribution in [0.2, 0.25) is 5.02 Å². The van der Waals surface area contributed by atoms with Crippen molar-refractivity contribution < 1.29 is 18.9 Å². The number of ether oxygens (including phenoxy) is 1. The molecule has 0 bridgehead atoms. The fourth-order valence-electron chi connectivity index (χ4n) is 2.80. The minimum absolute atomic E-state index is 0.281. The van der Waals surface area contributed by atoms with E-state index in [4.69, 9.17) is 20.8 Å². The molecule has 3 heterocycles. The Hall–Kier alpha value is -3.34. The highest BCUT2D eigenvalue weighted by molar-refractivity contribution is 8.16. The molecule has 0 spiro atoms. The van der Waals surface area contributed by atoms with Crippen molar-refractivity contribution in [1.82, 2.24) is 0 Å². The number of anilines is 1. The first-order valence-electron chi connectivity index (χ1n) is 9.05. The summed E-state index contributed by atoms with van der Waals surface area (Å²) in [5, 5.41) is 15.1. The highest BCUT2D eigenvalue weighted by Gasteiger charge is 2.32. The van der Waals surface area contributed by atoms with E-state index in [1.165, 1.54) is 47.2 Å².